The molecule has 0 aromatic carbocycles. The van der Waals surface area contributed by atoms with Gasteiger partial charge in [-0.25, -0.2) is 0 Å². The summed E-state index contributed by atoms with van der Waals surface area (Å²) >= 11 is 1.82. The molecule has 2 N–H and O–H groups in total. The predicted octanol–water partition coefficient (Wildman–Crippen LogP) is 3.13. The van der Waals surface area contributed by atoms with Crippen LogP contribution in [0.2, 0.25) is 0 Å². The number of nitrogens with two attached hydrogens (primary N) is 1. The molecule has 0 radical (unpaired) electrons. The number of nitrogens with zero attached hydrogens (tertiary/aromatic N) is 1. The first-order valence-electron chi connectivity index (χ1n) is 7.28. The monoisotopic (exact) mass is 314 g/mol. The van der Waals surface area contributed by atoms with E-state index in [1.165, 1.54) is 16.9 Å². The number of carbonyl (C=O) groups is 1. The van der Waals surface area contributed by atoms with Gasteiger partial charge in [0.05, 0.1) is 6.04 Å². The van der Waals surface area contributed by atoms with E-state index >= 15 is 0 Å². The van der Waals surface area contributed by atoms with Gasteiger partial charge in [0.15, 0.2) is 0 Å². The van der Waals surface area contributed by atoms with Crippen LogP contribution in [-0.4, -0.2) is 23.4 Å². The van der Waals surface area contributed by atoms with Crippen LogP contribution in [0.15, 0.2) is 11.4 Å². The summed E-state index contributed by atoms with van der Waals surface area (Å²) in [6.45, 7) is 3.02. The van der Waals surface area contributed by atoms with E-state index in [2.05, 4.69) is 23.3 Å². The number of carbonyl (C=O) groups excluding carboxylic acids is 1. The molecule has 2 aliphatic rings. The Labute approximate surface area is 130 Å². The van der Waals surface area contributed by atoms with Gasteiger partial charge in [-0.3, -0.25) is 4.79 Å². The fraction of sp³-hybridized carbons (Fsp3) is 0.667. The molecule has 1 amide bonds. The first-order valence-corrected chi connectivity index (χ1v) is 8.16. The molecule has 0 saturated heterocycles. The second-order valence-corrected chi connectivity index (χ2v) is 6.87. The third kappa shape index (κ3) is 2.87. The van der Waals surface area contributed by atoms with Crippen molar-refractivity contribution in [3.63, 3.8) is 0 Å². The molecule has 3 nitrogen and oxygen atoms in total. The van der Waals surface area contributed by atoms with E-state index in [0.29, 0.717) is 18.2 Å². The molecule has 0 spiro atoms. The number of thiophene rings is 1. The Morgan fingerprint density at radius 3 is 3.00 bits per heavy atom. The van der Waals surface area contributed by atoms with Crippen molar-refractivity contribution in [3.05, 3.63) is 21.9 Å². The van der Waals surface area contributed by atoms with Gasteiger partial charge < -0.3 is 10.6 Å². The van der Waals surface area contributed by atoms with Crippen LogP contribution in [0, 0.1) is 5.92 Å². The van der Waals surface area contributed by atoms with Gasteiger partial charge in [0.2, 0.25) is 5.91 Å². The van der Waals surface area contributed by atoms with Gasteiger partial charge in [-0.05, 0) is 49.1 Å². The fourth-order valence-electron chi connectivity index (χ4n) is 3.51. The van der Waals surface area contributed by atoms with Crippen LogP contribution in [0.5, 0.6) is 0 Å². The second kappa shape index (κ2) is 6.46. The van der Waals surface area contributed by atoms with Gasteiger partial charge in [-0.2, -0.15) is 0 Å². The average molecular weight is 315 g/mol. The molecule has 1 aromatic heterocycles. The van der Waals surface area contributed by atoms with Crippen molar-refractivity contribution in [3.8, 4) is 0 Å². The normalized spacial score (nSPS) is 28.9. The Hall–Kier alpha value is -0.580. The summed E-state index contributed by atoms with van der Waals surface area (Å²) in [6.07, 6.45) is 5.05. The molecule has 3 rings (SSSR count). The lowest BCUT2D eigenvalue weighted by Gasteiger charge is -2.34. The molecule has 1 aliphatic carbocycles. The highest BCUT2D eigenvalue weighted by Gasteiger charge is 2.32. The van der Waals surface area contributed by atoms with Crippen molar-refractivity contribution in [2.45, 2.75) is 51.1 Å². The van der Waals surface area contributed by atoms with Crippen LogP contribution in [0.25, 0.3) is 0 Å². The first-order chi connectivity index (χ1) is 9.16. The summed E-state index contributed by atoms with van der Waals surface area (Å²) in [5.41, 5.74) is 7.43. The van der Waals surface area contributed by atoms with Gasteiger partial charge in [-0.15, -0.1) is 23.7 Å². The van der Waals surface area contributed by atoms with Gasteiger partial charge in [0.25, 0.3) is 0 Å². The Bertz CT molecular complexity index is 476. The maximum absolute atomic E-state index is 12.5. The van der Waals surface area contributed by atoms with E-state index in [9.17, 15) is 4.79 Å². The van der Waals surface area contributed by atoms with Crippen LogP contribution < -0.4 is 5.73 Å². The van der Waals surface area contributed by atoms with Crippen molar-refractivity contribution in [1.29, 1.82) is 0 Å². The van der Waals surface area contributed by atoms with Gasteiger partial charge >= 0.3 is 0 Å². The van der Waals surface area contributed by atoms with Crippen molar-refractivity contribution < 1.29 is 4.79 Å². The molecule has 1 saturated carbocycles. The number of hydrogen-bond donors (Lipinski definition) is 1. The van der Waals surface area contributed by atoms with Crippen LogP contribution in [0.1, 0.15) is 49.1 Å². The Morgan fingerprint density at radius 2 is 2.30 bits per heavy atom. The molecule has 1 aliphatic heterocycles. The van der Waals surface area contributed by atoms with E-state index in [1.54, 1.807) is 0 Å². The summed E-state index contributed by atoms with van der Waals surface area (Å²) in [5, 5.41) is 2.14. The van der Waals surface area contributed by atoms with Crippen molar-refractivity contribution in [1.82, 2.24) is 4.90 Å². The van der Waals surface area contributed by atoms with Crippen molar-refractivity contribution in [2.75, 3.05) is 6.54 Å². The minimum Gasteiger partial charge on any atom is -0.336 e. The third-order valence-corrected chi connectivity index (χ3v) is 5.75. The first kappa shape index (κ1) is 15.8. The van der Waals surface area contributed by atoms with Crippen LogP contribution >= 0.6 is 23.7 Å². The summed E-state index contributed by atoms with van der Waals surface area (Å²) in [5.74, 6) is 0.704. The molecule has 1 aromatic rings. The van der Waals surface area contributed by atoms with Crippen LogP contribution in [-0.2, 0) is 11.2 Å². The summed E-state index contributed by atoms with van der Waals surface area (Å²) in [7, 11) is 0. The predicted molar refractivity (Wildman–Crippen MR) is 85.3 cm³/mol. The molecule has 5 heteroatoms. The quantitative estimate of drug-likeness (QED) is 0.911. The number of halogens is 1. The lowest BCUT2D eigenvalue weighted by atomic mass is 9.96. The van der Waals surface area contributed by atoms with E-state index in [-0.39, 0.29) is 24.5 Å². The Balaban J connectivity index is 0.00000147. The fourth-order valence-corrected chi connectivity index (χ4v) is 4.47. The standard InChI is InChI=1S/C15H22N2OS.ClH/c1-10-12-6-8-19-14(12)5-7-17(10)15(18)9-11-3-2-4-13(11)16;/h6,8,10-11,13H,2-5,7,9,16H2,1H3;1H/t10?,11-,13+;/m0./s1. The molecule has 1 unspecified atom stereocenters. The highest BCUT2D eigenvalue weighted by atomic mass is 35.5. The average Bonchev–Trinajstić information content (AvgIpc) is 3.00. The van der Waals surface area contributed by atoms with Crippen molar-refractivity contribution >= 4 is 29.7 Å². The second-order valence-electron chi connectivity index (χ2n) is 5.87. The molecular weight excluding hydrogens is 292 g/mol. The number of amides is 1. The summed E-state index contributed by atoms with van der Waals surface area (Å²) in [6, 6.07) is 2.65. The van der Waals surface area contributed by atoms with Gasteiger partial charge in [0.1, 0.15) is 0 Å². The Morgan fingerprint density at radius 1 is 1.50 bits per heavy atom. The minimum absolute atomic E-state index is 0. The number of rotatable bonds is 2. The van der Waals surface area contributed by atoms with Crippen LogP contribution in [0.3, 0.4) is 0 Å². The zero-order valence-corrected chi connectivity index (χ0v) is 13.5. The van der Waals surface area contributed by atoms with Gasteiger partial charge in [0, 0.05) is 23.9 Å². The zero-order chi connectivity index (χ0) is 13.4. The van der Waals surface area contributed by atoms with E-state index in [0.717, 1.165) is 25.8 Å². The lowest BCUT2D eigenvalue weighted by molar-refractivity contribution is -0.134. The van der Waals surface area contributed by atoms with E-state index in [4.69, 9.17) is 5.73 Å². The highest BCUT2D eigenvalue weighted by Crippen LogP contribution is 2.34. The Kier molecular flexibility index (Phi) is 5.10. The molecule has 0 bridgehead atoms. The molecule has 112 valence electrons. The maximum Gasteiger partial charge on any atom is 0.223 e. The lowest BCUT2D eigenvalue weighted by Crippen LogP contribution is -2.40. The van der Waals surface area contributed by atoms with E-state index < -0.39 is 0 Å². The SMILES string of the molecule is CC1c2ccsc2CCN1C(=O)C[C@@H]1CCC[C@H]1N.Cl. The minimum atomic E-state index is 0. The van der Waals surface area contributed by atoms with Crippen molar-refractivity contribution in [2.24, 2.45) is 11.7 Å². The molecule has 20 heavy (non-hydrogen) atoms. The highest BCUT2D eigenvalue weighted by molar-refractivity contribution is 7.10. The maximum atomic E-state index is 12.5. The smallest absolute Gasteiger partial charge is 0.223 e. The molecule has 1 fully saturated rings. The molecule has 2 heterocycles. The van der Waals surface area contributed by atoms with E-state index in [1.807, 2.05) is 11.3 Å². The summed E-state index contributed by atoms with van der Waals surface area (Å²) in [4.78, 5) is 16.0. The van der Waals surface area contributed by atoms with Crippen LogP contribution in [0.4, 0.5) is 0 Å². The van der Waals surface area contributed by atoms with Gasteiger partial charge in [-0.1, -0.05) is 6.42 Å². The third-order valence-electron chi connectivity index (χ3n) is 4.75. The molecular formula is C15H23ClN2OS. The summed E-state index contributed by atoms with van der Waals surface area (Å²) < 4.78 is 0. The zero-order valence-electron chi connectivity index (χ0n) is 11.9. The largest absolute Gasteiger partial charge is 0.336 e. The molecule has 3 atom stereocenters. The number of hydrogen-bond acceptors (Lipinski definition) is 3. The topological polar surface area (TPSA) is 46.3 Å². The number of fused-ring (bicyclic) bond motifs is 1.